The Morgan fingerprint density at radius 2 is 1.95 bits per heavy atom. The summed E-state index contributed by atoms with van der Waals surface area (Å²) < 4.78 is 0. The van der Waals surface area contributed by atoms with E-state index in [0.717, 1.165) is 25.1 Å². The molecule has 2 heterocycles. The van der Waals surface area contributed by atoms with E-state index in [1.54, 1.807) is 18.5 Å². The number of aromatic nitrogens is 1. The Balaban J connectivity index is 2.02. The van der Waals surface area contributed by atoms with Gasteiger partial charge in [0.05, 0.1) is 15.5 Å². The van der Waals surface area contributed by atoms with Gasteiger partial charge in [0.25, 0.3) is 0 Å². The van der Waals surface area contributed by atoms with Gasteiger partial charge in [-0.25, -0.2) is 0 Å². The molecular weight excluding hydrogens is 323 g/mol. The lowest BCUT2D eigenvalue weighted by Crippen LogP contribution is -2.44. The zero-order valence-electron chi connectivity index (χ0n) is 12.4. The number of likely N-dealkylation sites (tertiary alicyclic amines) is 1. The lowest BCUT2D eigenvalue weighted by molar-refractivity contribution is -0.152. The molecule has 0 radical (unpaired) electrons. The number of hydrogen-bond donors (Lipinski definition) is 1. The number of rotatable bonds is 6. The molecule has 1 aliphatic rings. The van der Waals surface area contributed by atoms with E-state index >= 15 is 0 Å². The largest absolute Gasteiger partial charge is 0.481 e. The number of pyridine rings is 1. The minimum absolute atomic E-state index is 0.550. The molecule has 0 aliphatic carbocycles. The molecule has 4 nitrogen and oxygen atoms in total. The molecule has 120 valence electrons. The van der Waals surface area contributed by atoms with Crippen LogP contribution in [0, 0.1) is 5.41 Å². The molecule has 1 saturated heterocycles. The molecule has 1 aromatic rings. The van der Waals surface area contributed by atoms with Crippen LogP contribution in [0.15, 0.2) is 25.0 Å². The molecule has 0 saturated carbocycles. The quantitative estimate of drug-likeness (QED) is 0.793. The summed E-state index contributed by atoms with van der Waals surface area (Å²) in [7, 11) is 0. The highest BCUT2D eigenvalue weighted by Gasteiger charge is 2.40. The van der Waals surface area contributed by atoms with Gasteiger partial charge in [0.1, 0.15) is 0 Å². The van der Waals surface area contributed by atoms with Crippen molar-refractivity contribution in [3.63, 3.8) is 0 Å². The van der Waals surface area contributed by atoms with Crippen molar-refractivity contribution in [2.75, 3.05) is 13.1 Å². The van der Waals surface area contributed by atoms with E-state index in [0.29, 0.717) is 35.9 Å². The van der Waals surface area contributed by atoms with Crippen LogP contribution in [0.3, 0.4) is 0 Å². The Hall–Kier alpha value is -1.10. The second-order valence-electron chi connectivity index (χ2n) is 5.77. The van der Waals surface area contributed by atoms with Crippen molar-refractivity contribution in [2.24, 2.45) is 5.41 Å². The van der Waals surface area contributed by atoms with E-state index in [2.05, 4.69) is 16.5 Å². The number of carboxylic acid groups (broad SMARTS) is 1. The highest BCUT2D eigenvalue weighted by Crippen LogP contribution is 2.37. The predicted molar refractivity (Wildman–Crippen MR) is 88.3 cm³/mol. The van der Waals surface area contributed by atoms with Crippen LogP contribution in [-0.4, -0.2) is 34.0 Å². The summed E-state index contributed by atoms with van der Waals surface area (Å²) in [6.45, 7) is 5.75. The van der Waals surface area contributed by atoms with Gasteiger partial charge in [-0.15, -0.1) is 6.58 Å². The number of halogens is 2. The van der Waals surface area contributed by atoms with Crippen LogP contribution in [0.2, 0.25) is 10.0 Å². The Morgan fingerprint density at radius 3 is 2.45 bits per heavy atom. The summed E-state index contributed by atoms with van der Waals surface area (Å²) in [5.74, 6) is -0.700. The molecule has 1 aromatic heterocycles. The van der Waals surface area contributed by atoms with Crippen molar-refractivity contribution in [1.29, 1.82) is 0 Å². The third kappa shape index (κ3) is 3.80. The summed E-state index contributed by atoms with van der Waals surface area (Å²) in [6.07, 6.45) is 7.60. The van der Waals surface area contributed by atoms with Crippen LogP contribution >= 0.6 is 23.2 Å². The number of allylic oxidation sites excluding steroid dienone is 1. The Bertz CT molecular complexity index is 535. The van der Waals surface area contributed by atoms with Crippen LogP contribution in [0.5, 0.6) is 0 Å². The Kier molecular flexibility index (Phi) is 5.84. The van der Waals surface area contributed by atoms with Gasteiger partial charge in [-0.3, -0.25) is 14.7 Å². The molecule has 1 fully saturated rings. The van der Waals surface area contributed by atoms with Gasteiger partial charge in [-0.05, 0) is 38.8 Å². The first-order chi connectivity index (χ1) is 10.5. The average molecular weight is 343 g/mol. The second-order valence-corrected chi connectivity index (χ2v) is 6.59. The van der Waals surface area contributed by atoms with Crippen molar-refractivity contribution < 1.29 is 9.90 Å². The number of carbonyl (C=O) groups is 1. The maximum absolute atomic E-state index is 11.7. The van der Waals surface area contributed by atoms with E-state index in [4.69, 9.17) is 23.2 Å². The molecule has 0 atom stereocenters. The van der Waals surface area contributed by atoms with E-state index in [1.807, 2.05) is 0 Å². The Labute approximate surface area is 140 Å². The minimum Gasteiger partial charge on any atom is -0.481 e. The topological polar surface area (TPSA) is 53.4 Å². The van der Waals surface area contributed by atoms with Gasteiger partial charge in [-0.1, -0.05) is 29.3 Å². The van der Waals surface area contributed by atoms with E-state index < -0.39 is 11.4 Å². The fourth-order valence-corrected chi connectivity index (χ4v) is 3.39. The fourth-order valence-electron chi connectivity index (χ4n) is 2.90. The lowest BCUT2D eigenvalue weighted by atomic mass is 9.75. The van der Waals surface area contributed by atoms with Crippen LogP contribution < -0.4 is 0 Å². The first kappa shape index (κ1) is 17.3. The highest BCUT2D eigenvalue weighted by molar-refractivity contribution is 6.35. The Morgan fingerprint density at radius 1 is 1.36 bits per heavy atom. The predicted octanol–water partition coefficient (Wildman–Crippen LogP) is 4.02. The maximum Gasteiger partial charge on any atom is 0.309 e. The SMILES string of the molecule is C=CCCC1(C(=O)O)CCN(Cc2c(Cl)cncc2Cl)CC1. The van der Waals surface area contributed by atoms with E-state index in [9.17, 15) is 9.90 Å². The summed E-state index contributed by atoms with van der Waals surface area (Å²) in [5.41, 5.74) is 0.225. The fraction of sp³-hybridized carbons (Fsp3) is 0.500. The van der Waals surface area contributed by atoms with Gasteiger partial charge in [0, 0.05) is 24.5 Å². The zero-order chi connectivity index (χ0) is 16.2. The summed E-state index contributed by atoms with van der Waals surface area (Å²) in [6, 6.07) is 0. The molecule has 0 aromatic carbocycles. The van der Waals surface area contributed by atoms with Gasteiger partial charge < -0.3 is 5.11 Å². The van der Waals surface area contributed by atoms with Gasteiger partial charge in [0.2, 0.25) is 0 Å². The zero-order valence-corrected chi connectivity index (χ0v) is 13.9. The lowest BCUT2D eigenvalue weighted by Gasteiger charge is -2.39. The number of piperidine rings is 1. The molecule has 1 N–H and O–H groups in total. The molecule has 22 heavy (non-hydrogen) atoms. The van der Waals surface area contributed by atoms with E-state index in [1.165, 1.54) is 0 Å². The number of hydrogen-bond acceptors (Lipinski definition) is 3. The molecular formula is C16H20Cl2N2O2. The molecule has 0 unspecified atom stereocenters. The van der Waals surface area contributed by atoms with Crippen molar-refractivity contribution in [3.05, 3.63) is 40.7 Å². The number of aliphatic carboxylic acids is 1. The van der Waals surface area contributed by atoms with Crippen molar-refractivity contribution in [1.82, 2.24) is 9.88 Å². The highest BCUT2D eigenvalue weighted by atomic mass is 35.5. The van der Waals surface area contributed by atoms with E-state index in [-0.39, 0.29) is 0 Å². The van der Waals surface area contributed by atoms with Crippen LogP contribution in [0.25, 0.3) is 0 Å². The minimum atomic E-state index is -0.700. The third-order valence-electron chi connectivity index (χ3n) is 4.43. The van der Waals surface area contributed by atoms with Crippen molar-refractivity contribution in [2.45, 2.75) is 32.2 Å². The second kappa shape index (κ2) is 7.44. The first-order valence-corrected chi connectivity index (χ1v) is 8.08. The molecule has 0 amide bonds. The molecule has 1 aliphatic heterocycles. The van der Waals surface area contributed by atoms with Crippen LogP contribution in [0.1, 0.15) is 31.2 Å². The van der Waals surface area contributed by atoms with Crippen LogP contribution in [-0.2, 0) is 11.3 Å². The molecule has 2 rings (SSSR count). The van der Waals surface area contributed by atoms with Gasteiger partial charge >= 0.3 is 5.97 Å². The average Bonchev–Trinajstić information content (AvgIpc) is 2.50. The third-order valence-corrected chi connectivity index (χ3v) is 5.08. The first-order valence-electron chi connectivity index (χ1n) is 7.33. The number of carboxylic acids is 1. The van der Waals surface area contributed by atoms with Crippen LogP contribution in [0.4, 0.5) is 0 Å². The molecule has 0 spiro atoms. The smallest absolute Gasteiger partial charge is 0.309 e. The maximum atomic E-state index is 11.7. The number of nitrogens with zero attached hydrogens (tertiary/aromatic N) is 2. The summed E-state index contributed by atoms with van der Waals surface area (Å²) in [4.78, 5) is 17.8. The molecule has 0 bridgehead atoms. The van der Waals surface area contributed by atoms with Gasteiger partial charge in [0.15, 0.2) is 0 Å². The van der Waals surface area contributed by atoms with Gasteiger partial charge in [-0.2, -0.15) is 0 Å². The van der Waals surface area contributed by atoms with Crippen molar-refractivity contribution in [3.8, 4) is 0 Å². The summed E-state index contributed by atoms with van der Waals surface area (Å²) in [5, 5.41) is 10.7. The standard InChI is InChI=1S/C16H20Cl2N2O2/c1-2-3-4-16(15(21)22)5-7-20(8-6-16)11-12-13(17)9-19-10-14(12)18/h2,9-10H,1,3-8,11H2,(H,21,22). The molecule has 6 heteroatoms. The van der Waals surface area contributed by atoms with Crippen molar-refractivity contribution >= 4 is 29.2 Å². The monoisotopic (exact) mass is 342 g/mol. The normalized spacial score (nSPS) is 18.1. The summed E-state index contributed by atoms with van der Waals surface area (Å²) >= 11 is 12.3.